The third-order valence-corrected chi connectivity index (χ3v) is 4.27. The fourth-order valence-electron chi connectivity index (χ4n) is 1.50. The Bertz CT molecular complexity index is 509. The molecule has 1 N–H and O–H groups in total. The van der Waals surface area contributed by atoms with Gasteiger partial charge in [-0.1, -0.05) is 12.1 Å². The molecule has 0 saturated heterocycles. The topological polar surface area (TPSA) is 20.2 Å². The van der Waals surface area contributed by atoms with Crippen molar-refractivity contribution < 1.29 is 9.50 Å². The monoisotopic (exact) mass is 300 g/mol. The average Bonchev–Trinajstić information content (AvgIpc) is 2.63. The van der Waals surface area contributed by atoms with Crippen molar-refractivity contribution in [3.05, 3.63) is 55.9 Å². The first kappa shape index (κ1) is 11.8. The fourth-order valence-corrected chi connectivity index (χ4v) is 3.09. The molecule has 1 heterocycles. The van der Waals surface area contributed by atoms with Crippen molar-refractivity contribution in [3.8, 4) is 0 Å². The number of aryl methyl sites for hydroxylation is 1. The second-order valence-corrected chi connectivity index (χ2v) is 5.36. The molecule has 1 unspecified atom stereocenters. The van der Waals surface area contributed by atoms with E-state index in [1.165, 1.54) is 17.4 Å². The Morgan fingerprint density at radius 2 is 2.12 bits per heavy atom. The Balaban J connectivity index is 2.41. The van der Waals surface area contributed by atoms with E-state index in [2.05, 4.69) is 15.9 Å². The summed E-state index contributed by atoms with van der Waals surface area (Å²) >= 11 is 4.73. The molecular weight excluding hydrogens is 291 g/mol. The van der Waals surface area contributed by atoms with Gasteiger partial charge >= 0.3 is 0 Å². The van der Waals surface area contributed by atoms with Crippen molar-refractivity contribution in [1.29, 1.82) is 0 Å². The number of thiophene rings is 1. The van der Waals surface area contributed by atoms with Crippen molar-refractivity contribution >= 4 is 27.3 Å². The quantitative estimate of drug-likeness (QED) is 0.887. The Morgan fingerprint density at radius 1 is 1.38 bits per heavy atom. The van der Waals surface area contributed by atoms with E-state index in [4.69, 9.17) is 0 Å². The predicted molar refractivity (Wildman–Crippen MR) is 67.2 cm³/mol. The van der Waals surface area contributed by atoms with Crippen molar-refractivity contribution in [1.82, 2.24) is 0 Å². The maximum Gasteiger partial charge on any atom is 0.129 e. The van der Waals surface area contributed by atoms with Gasteiger partial charge in [0.1, 0.15) is 11.9 Å². The number of halogens is 2. The van der Waals surface area contributed by atoms with Crippen LogP contribution in [0.3, 0.4) is 0 Å². The maximum atomic E-state index is 13.7. The van der Waals surface area contributed by atoms with Gasteiger partial charge in [0.15, 0.2) is 0 Å². The molecule has 0 saturated carbocycles. The molecule has 1 atom stereocenters. The van der Waals surface area contributed by atoms with Gasteiger partial charge in [0.25, 0.3) is 0 Å². The number of aliphatic hydroxyl groups is 1. The molecule has 0 amide bonds. The van der Waals surface area contributed by atoms with Gasteiger partial charge in [0.05, 0.1) is 4.88 Å². The Kier molecular flexibility index (Phi) is 3.42. The Hall–Kier alpha value is -0.710. The van der Waals surface area contributed by atoms with Crippen LogP contribution in [0.1, 0.15) is 22.1 Å². The second-order valence-electron chi connectivity index (χ2n) is 3.56. The number of rotatable bonds is 2. The molecule has 1 aromatic heterocycles. The number of hydrogen-bond donors (Lipinski definition) is 1. The minimum atomic E-state index is -0.907. The lowest BCUT2D eigenvalue weighted by molar-refractivity contribution is 0.218. The highest BCUT2D eigenvalue weighted by Crippen LogP contribution is 2.34. The summed E-state index contributed by atoms with van der Waals surface area (Å²) in [5.41, 5.74) is 1.16. The zero-order chi connectivity index (χ0) is 11.7. The van der Waals surface area contributed by atoms with E-state index in [-0.39, 0.29) is 5.82 Å². The zero-order valence-corrected chi connectivity index (χ0v) is 11.0. The fraction of sp³-hybridized carbons (Fsp3) is 0.167. The van der Waals surface area contributed by atoms with Crippen LogP contribution in [0.15, 0.2) is 34.1 Å². The van der Waals surface area contributed by atoms with Gasteiger partial charge in [-0.05, 0) is 45.9 Å². The third kappa shape index (κ3) is 2.19. The second kappa shape index (κ2) is 4.65. The summed E-state index contributed by atoms with van der Waals surface area (Å²) in [7, 11) is 0. The van der Waals surface area contributed by atoms with Crippen molar-refractivity contribution in [2.24, 2.45) is 0 Å². The molecule has 0 fully saturated rings. The third-order valence-electron chi connectivity index (χ3n) is 2.34. The van der Waals surface area contributed by atoms with E-state index < -0.39 is 6.10 Å². The van der Waals surface area contributed by atoms with Crippen LogP contribution in [0.4, 0.5) is 4.39 Å². The van der Waals surface area contributed by atoms with Crippen LogP contribution in [-0.2, 0) is 0 Å². The van der Waals surface area contributed by atoms with Crippen LogP contribution in [0.25, 0.3) is 0 Å². The van der Waals surface area contributed by atoms with Gasteiger partial charge in [-0.15, -0.1) is 11.3 Å². The SMILES string of the molecule is Cc1ccc(C(O)c2sccc2Br)c(F)c1. The maximum absolute atomic E-state index is 13.7. The average molecular weight is 301 g/mol. The van der Waals surface area contributed by atoms with E-state index in [0.29, 0.717) is 5.56 Å². The van der Waals surface area contributed by atoms with Crippen LogP contribution in [0.2, 0.25) is 0 Å². The zero-order valence-electron chi connectivity index (χ0n) is 8.58. The summed E-state index contributed by atoms with van der Waals surface area (Å²) in [6, 6.07) is 6.69. The molecule has 4 heteroatoms. The highest BCUT2D eigenvalue weighted by atomic mass is 79.9. The minimum Gasteiger partial charge on any atom is -0.383 e. The van der Waals surface area contributed by atoms with Gasteiger partial charge in [0, 0.05) is 10.0 Å². The molecule has 0 aliphatic carbocycles. The van der Waals surface area contributed by atoms with Gasteiger partial charge < -0.3 is 5.11 Å². The minimum absolute atomic E-state index is 0.314. The lowest BCUT2D eigenvalue weighted by Crippen LogP contribution is -2.01. The molecule has 1 aromatic carbocycles. The Labute approximate surface area is 106 Å². The van der Waals surface area contributed by atoms with Gasteiger partial charge in [-0.2, -0.15) is 0 Å². The van der Waals surface area contributed by atoms with E-state index in [9.17, 15) is 9.50 Å². The predicted octanol–water partition coefficient (Wildman–Crippen LogP) is 4.04. The molecule has 16 heavy (non-hydrogen) atoms. The van der Waals surface area contributed by atoms with E-state index in [1.54, 1.807) is 12.1 Å². The Morgan fingerprint density at radius 3 is 2.69 bits per heavy atom. The number of aliphatic hydroxyl groups excluding tert-OH is 1. The largest absolute Gasteiger partial charge is 0.383 e. The molecular formula is C12H10BrFOS. The highest BCUT2D eigenvalue weighted by molar-refractivity contribution is 9.10. The lowest BCUT2D eigenvalue weighted by atomic mass is 10.1. The van der Waals surface area contributed by atoms with Gasteiger partial charge in [-0.3, -0.25) is 0 Å². The summed E-state index contributed by atoms with van der Waals surface area (Å²) < 4.78 is 14.5. The first-order valence-electron chi connectivity index (χ1n) is 4.76. The smallest absolute Gasteiger partial charge is 0.129 e. The summed E-state index contributed by atoms with van der Waals surface area (Å²) in [4.78, 5) is 0.725. The molecule has 0 aliphatic rings. The van der Waals surface area contributed by atoms with E-state index in [1.807, 2.05) is 18.4 Å². The molecule has 0 aliphatic heterocycles. The van der Waals surface area contributed by atoms with Crippen molar-refractivity contribution in [3.63, 3.8) is 0 Å². The van der Waals surface area contributed by atoms with Crippen molar-refractivity contribution in [2.45, 2.75) is 13.0 Å². The van der Waals surface area contributed by atoms with Crippen LogP contribution in [0, 0.1) is 12.7 Å². The van der Waals surface area contributed by atoms with Crippen LogP contribution < -0.4 is 0 Å². The van der Waals surface area contributed by atoms with Crippen LogP contribution in [0.5, 0.6) is 0 Å². The van der Waals surface area contributed by atoms with Gasteiger partial charge in [-0.25, -0.2) is 4.39 Å². The summed E-state index contributed by atoms with van der Waals surface area (Å²) in [5, 5.41) is 11.9. The molecule has 1 nitrogen and oxygen atoms in total. The first-order valence-corrected chi connectivity index (χ1v) is 6.44. The van der Waals surface area contributed by atoms with E-state index in [0.717, 1.165) is 14.9 Å². The molecule has 84 valence electrons. The summed E-state index contributed by atoms with van der Waals surface area (Å²) in [6.45, 7) is 1.82. The summed E-state index contributed by atoms with van der Waals surface area (Å²) in [5.74, 6) is -0.368. The summed E-state index contributed by atoms with van der Waals surface area (Å²) in [6.07, 6.45) is -0.907. The highest BCUT2D eigenvalue weighted by Gasteiger charge is 2.18. The molecule has 0 spiro atoms. The van der Waals surface area contributed by atoms with Crippen molar-refractivity contribution in [2.75, 3.05) is 0 Å². The van der Waals surface area contributed by atoms with E-state index >= 15 is 0 Å². The van der Waals surface area contributed by atoms with Gasteiger partial charge in [0.2, 0.25) is 0 Å². The number of hydrogen-bond acceptors (Lipinski definition) is 2. The standard InChI is InChI=1S/C12H10BrFOS/c1-7-2-3-8(10(14)6-7)11(15)12-9(13)4-5-16-12/h2-6,11,15H,1H3. The molecule has 0 radical (unpaired) electrons. The normalized spacial score (nSPS) is 12.8. The van der Waals surface area contributed by atoms with Crippen LogP contribution >= 0.6 is 27.3 Å². The number of benzene rings is 1. The van der Waals surface area contributed by atoms with Crippen LogP contribution in [-0.4, -0.2) is 5.11 Å². The lowest BCUT2D eigenvalue weighted by Gasteiger charge is -2.11. The molecule has 0 bridgehead atoms. The first-order chi connectivity index (χ1) is 7.59. The molecule has 2 rings (SSSR count). The molecule has 2 aromatic rings.